The lowest BCUT2D eigenvalue weighted by atomic mass is 10.0. The van der Waals surface area contributed by atoms with Crippen molar-refractivity contribution < 1.29 is 9.22 Å². The predicted molar refractivity (Wildman–Crippen MR) is 163 cm³/mol. The first kappa shape index (κ1) is 35.5. The van der Waals surface area contributed by atoms with Gasteiger partial charge in [0.2, 0.25) is 9.76 Å². The van der Waals surface area contributed by atoms with Crippen molar-refractivity contribution in [3.63, 3.8) is 0 Å². The number of hydrogen-bond acceptors (Lipinski definition) is 4. The lowest BCUT2D eigenvalue weighted by Gasteiger charge is -2.06. The average Bonchev–Trinajstić information content (AvgIpc) is 2.86. The predicted octanol–water partition coefficient (Wildman–Crippen LogP) is 10.3. The summed E-state index contributed by atoms with van der Waals surface area (Å²) in [4.78, 5) is 11.9. The van der Waals surface area contributed by atoms with Crippen LogP contribution < -0.4 is 0 Å². The van der Waals surface area contributed by atoms with Crippen LogP contribution in [0.5, 0.6) is 0 Å². The minimum absolute atomic E-state index is 0.0659. The third-order valence-corrected chi connectivity index (χ3v) is 9.07. The van der Waals surface area contributed by atoms with Gasteiger partial charge in [-0.1, -0.05) is 149 Å². The molecule has 0 aromatic heterocycles. The van der Waals surface area contributed by atoms with Gasteiger partial charge in [-0.25, -0.2) is 0 Å². The molecule has 0 amide bonds. The first-order valence-corrected chi connectivity index (χ1v) is 18.4. The van der Waals surface area contributed by atoms with Crippen LogP contribution in [0.15, 0.2) is 0 Å². The SMILES string of the molecule is CC(C)CCCCCCCCCCCCCCCCC(=O)O[SiH2]CCCCCCCCCCSC#N. The van der Waals surface area contributed by atoms with E-state index in [1.165, 1.54) is 153 Å². The molecule has 0 bridgehead atoms. The molecule has 3 nitrogen and oxygen atoms in total. The van der Waals surface area contributed by atoms with Crippen molar-refractivity contribution in [1.29, 1.82) is 5.26 Å². The van der Waals surface area contributed by atoms with Crippen LogP contribution in [0.3, 0.4) is 0 Å². The zero-order valence-electron chi connectivity index (χ0n) is 24.3. The fourth-order valence-corrected chi connectivity index (χ4v) is 6.27. The quantitative estimate of drug-likeness (QED) is 0.0539. The van der Waals surface area contributed by atoms with Gasteiger partial charge in [-0.05, 0) is 36.6 Å². The highest BCUT2D eigenvalue weighted by atomic mass is 32.2. The monoisotopic (exact) mass is 539 g/mol. The Balaban J connectivity index is 3.15. The van der Waals surface area contributed by atoms with E-state index in [9.17, 15) is 4.79 Å². The van der Waals surface area contributed by atoms with E-state index in [0.717, 1.165) is 24.1 Å². The second-order valence-electron chi connectivity index (χ2n) is 11.2. The molecule has 0 aromatic rings. The topological polar surface area (TPSA) is 50.1 Å². The molecule has 0 saturated heterocycles. The highest BCUT2D eigenvalue weighted by molar-refractivity contribution is 8.03. The summed E-state index contributed by atoms with van der Waals surface area (Å²) in [5.41, 5.74) is 0. The molecule has 0 radical (unpaired) electrons. The van der Waals surface area contributed by atoms with Crippen LogP contribution in [0.25, 0.3) is 0 Å². The molecule has 0 heterocycles. The van der Waals surface area contributed by atoms with Crippen LogP contribution in [0.1, 0.15) is 168 Å². The lowest BCUT2D eigenvalue weighted by molar-refractivity contribution is -0.134. The molecular formula is C31H61NO2SSi. The Morgan fingerprint density at radius 1 is 0.667 bits per heavy atom. The van der Waals surface area contributed by atoms with Crippen molar-refractivity contribution in [3.8, 4) is 5.40 Å². The zero-order chi connectivity index (χ0) is 26.4. The minimum Gasteiger partial charge on any atom is -0.525 e. The normalized spacial score (nSPS) is 11.5. The molecule has 0 unspecified atom stereocenters. The Morgan fingerprint density at radius 3 is 1.56 bits per heavy atom. The summed E-state index contributed by atoms with van der Waals surface area (Å²) in [6.45, 7) is 4.66. The Hall–Kier alpha value is -0.473. The van der Waals surface area contributed by atoms with Gasteiger partial charge in [-0.3, -0.25) is 4.79 Å². The second-order valence-corrected chi connectivity index (χ2v) is 13.5. The maximum absolute atomic E-state index is 11.9. The van der Waals surface area contributed by atoms with E-state index >= 15 is 0 Å². The summed E-state index contributed by atoms with van der Waals surface area (Å²) in [7, 11) is -0.639. The second kappa shape index (κ2) is 30.7. The number of nitriles is 1. The molecule has 0 aromatic carbocycles. The third kappa shape index (κ3) is 31.6. The van der Waals surface area contributed by atoms with Gasteiger partial charge in [0.1, 0.15) is 5.40 Å². The van der Waals surface area contributed by atoms with E-state index < -0.39 is 9.76 Å². The standard InChI is InChI=1S/C31H61NO2SSi/c1-30(2)25-21-17-13-9-7-5-3-4-6-8-10-14-18-22-26-31(33)34-36-28-24-20-16-12-11-15-19-23-27-35-29-32/h30H,3-28,36H2,1-2H3. The van der Waals surface area contributed by atoms with Gasteiger partial charge in [0.15, 0.2) is 0 Å². The molecule has 36 heavy (non-hydrogen) atoms. The van der Waals surface area contributed by atoms with Crippen LogP contribution in [-0.2, 0) is 9.22 Å². The molecule has 0 aliphatic carbocycles. The van der Waals surface area contributed by atoms with E-state index in [1.54, 1.807) is 0 Å². The molecule has 0 rings (SSSR count). The fraction of sp³-hybridized carbons (Fsp3) is 0.935. The number of unbranched alkanes of at least 4 members (excludes halogenated alkanes) is 20. The van der Waals surface area contributed by atoms with Crippen molar-refractivity contribution >= 4 is 27.5 Å². The van der Waals surface area contributed by atoms with Gasteiger partial charge < -0.3 is 4.43 Å². The van der Waals surface area contributed by atoms with Gasteiger partial charge in [0.25, 0.3) is 5.97 Å². The molecular weight excluding hydrogens is 478 g/mol. The smallest absolute Gasteiger partial charge is 0.292 e. The Morgan fingerprint density at radius 2 is 1.08 bits per heavy atom. The highest BCUT2D eigenvalue weighted by Gasteiger charge is 2.03. The number of rotatable bonds is 29. The number of thiocyanates is 1. The summed E-state index contributed by atoms with van der Waals surface area (Å²) >= 11 is 1.38. The van der Waals surface area contributed by atoms with Crippen molar-refractivity contribution in [1.82, 2.24) is 0 Å². The third-order valence-electron chi connectivity index (χ3n) is 7.13. The van der Waals surface area contributed by atoms with Crippen molar-refractivity contribution in [3.05, 3.63) is 0 Å². The van der Waals surface area contributed by atoms with Crippen molar-refractivity contribution in [2.75, 3.05) is 5.75 Å². The lowest BCUT2D eigenvalue weighted by Crippen LogP contribution is -2.08. The molecule has 0 aliphatic heterocycles. The molecule has 0 N–H and O–H groups in total. The summed E-state index contributed by atoms with van der Waals surface area (Å²) in [5, 5.41) is 10.6. The summed E-state index contributed by atoms with van der Waals surface area (Å²) in [6, 6.07) is 1.15. The van der Waals surface area contributed by atoms with Gasteiger partial charge in [0, 0.05) is 12.2 Å². The Kier molecular flexibility index (Phi) is 30.3. The molecule has 0 saturated carbocycles. The number of thioether (sulfide) groups is 1. The van der Waals surface area contributed by atoms with Crippen molar-refractivity contribution in [2.45, 2.75) is 174 Å². The van der Waals surface area contributed by atoms with Crippen LogP contribution in [0.2, 0.25) is 6.04 Å². The average molecular weight is 540 g/mol. The molecule has 0 spiro atoms. The molecule has 0 aliphatic rings. The first-order valence-electron chi connectivity index (χ1n) is 15.8. The van der Waals surface area contributed by atoms with E-state index in [4.69, 9.17) is 9.69 Å². The van der Waals surface area contributed by atoms with Crippen LogP contribution >= 0.6 is 11.8 Å². The van der Waals surface area contributed by atoms with Gasteiger partial charge in [-0.15, -0.1) is 0 Å². The number of carbonyl (C=O) groups is 1. The van der Waals surface area contributed by atoms with Gasteiger partial charge in [-0.2, -0.15) is 5.26 Å². The van der Waals surface area contributed by atoms with Crippen LogP contribution in [-0.4, -0.2) is 21.5 Å². The maximum Gasteiger partial charge on any atom is 0.292 e. The van der Waals surface area contributed by atoms with Crippen LogP contribution in [0, 0.1) is 16.6 Å². The molecule has 0 atom stereocenters. The minimum atomic E-state index is -0.639. The number of carbonyl (C=O) groups excluding carboxylic acids is 1. The van der Waals surface area contributed by atoms with Crippen molar-refractivity contribution in [2.24, 2.45) is 5.92 Å². The summed E-state index contributed by atoms with van der Waals surface area (Å²) in [5.74, 6) is 1.92. The van der Waals surface area contributed by atoms with E-state index in [-0.39, 0.29) is 5.97 Å². The number of nitrogens with zero attached hydrogens (tertiary/aromatic N) is 1. The Bertz CT molecular complexity index is 495. The summed E-state index contributed by atoms with van der Waals surface area (Å²) in [6.07, 6.45) is 31.3. The maximum atomic E-state index is 11.9. The van der Waals surface area contributed by atoms with Gasteiger partial charge in [0.05, 0.1) is 0 Å². The Labute approximate surface area is 232 Å². The highest BCUT2D eigenvalue weighted by Crippen LogP contribution is 2.15. The molecule has 0 fully saturated rings. The van der Waals surface area contributed by atoms with E-state index in [1.807, 2.05) is 0 Å². The summed E-state index contributed by atoms with van der Waals surface area (Å²) < 4.78 is 5.54. The van der Waals surface area contributed by atoms with Gasteiger partial charge >= 0.3 is 0 Å². The molecule has 5 heteroatoms. The van der Waals surface area contributed by atoms with Crippen LogP contribution in [0.4, 0.5) is 0 Å². The zero-order valence-corrected chi connectivity index (χ0v) is 26.6. The first-order chi connectivity index (χ1) is 17.7. The van der Waals surface area contributed by atoms with E-state index in [2.05, 4.69) is 19.2 Å². The fourth-order valence-electron chi connectivity index (χ4n) is 4.76. The van der Waals surface area contributed by atoms with E-state index in [0.29, 0.717) is 6.42 Å². The molecule has 212 valence electrons. The number of hydrogen-bond donors (Lipinski definition) is 0. The largest absolute Gasteiger partial charge is 0.525 e.